The molecule has 0 aliphatic rings. The summed E-state index contributed by atoms with van der Waals surface area (Å²) in [5.74, 6) is 0. The minimum Gasteiger partial charge on any atom is -0.192 e. The first-order valence-corrected chi connectivity index (χ1v) is 10.8. The lowest BCUT2D eigenvalue weighted by atomic mass is 9.87. The van der Waals surface area contributed by atoms with Crippen LogP contribution in [0.25, 0.3) is 64.6 Å². The van der Waals surface area contributed by atoms with Crippen LogP contribution in [0.5, 0.6) is 0 Å². The predicted octanol–water partition coefficient (Wildman–Crippen LogP) is 8.48. The average molecular weight is 403 g/mol. The van der Waals surface area contributed by atoms with Gasteiger partial charge in [-0.05, 0) is 65.3 Å². The maximum absolute atomic E-state index is 10.0. The van der Waals surface area contributed by atoms with E-state index in [1.54, 1.807) is 0 Å². The van der Waals surface area contributed by atoms with Crippen molar-refractivity contribution in [1.82, 2.24) is 0 Å². The molecule has 32 heavy (non-hydrogen) atoms. The minimum absolute atomic E-state index is 0.724. The van der Waals surface area contributed by atoms with Gasteiger partial charge in [0.25, 0.3) is 0 Å². The van der Waals surface area contributed by atoms with E-state index in [9.17, 15) is 5.26 Å². The first-order chi connectivity index (χ1) is 15.8. The van der Waals surface area contributed by atoms with Gasteiger partial charge in [0.15, 0.2) is 0 Å². The Morgan fingerprint density at radius 1 is 0.406 bits per heavy atom. The van der Waals surface area contributed by atoms with Crippen molar-refractivity contribution in [3.8, 4) is 6.07 Å². The lowest BCUT2D eigenvalue weighted by Gasteiger charge is -2.15. The summed E-state index contributed by atoms with van der Waals surface area (Å²) in [4.78, 5) is 0. The van der Waals surface area contributed by atoms with Crippen LogP contribution in [-0.4, -0.2) is 0 Å². The normalized spacial score (nSPS) is 11.7. The van der Waals surface area contributed by atoms with E-state index >= 15 is 0 Å². The van der Waals surface area contributed by atoms with Crippen LogP contribution in [0.4, 0.5) is 0 Å². The Morgan fingerprint density at radius 2 is 0.906 bits per heavy atom. The Kier molecular flexibility index (Phi) is 3.40. The standard InChI is InChI=1S/C31H17N/c32-18-24-17-23-14-13-21-11-9-19-5-1-3-7-25(19)28(21)30(23)31-27(24)16-15-22-12-10-20-6-2-4-8-26(20)29(22)31/h1-17H. The van der Waals surface area contributed by atoms with E-state index in [-0.39, 0.29) is 0 Å². The molecule has 1 nitrogen and oxygen atoms in total. The van der Waals surface area contributed by atoms with Crippen molar-refractivity contribution in [3.63, 3.8) is 0 Å². The molecule has 0 aliphatic heterocycles. The van der Waals surface area contributed by atoms with Gasteiger partial charge in [-0.25, -0.2) is 0 Å². The molecule has 0 N–H and O–H groups in total. The second kappa shape index (κ2) is 6.30. The highest BCUT2D eigenvalue weighted by molar-refractivity contribution is 6.35. The summed E-state index contributed by atoms with van der Waals surface area (Å²) in [7, 11) is 0. The van der Waals surface area contributed by atoms with Gasteiger partial charge in [-0.2, -0.15) is 5.26 Å². The number of nitrogens with zero attached hydrogens (tertiary/aromatic N) is 1. The summed E-state index contributed by atoms with van der Waals surface area (Å²) in [5, 5.41) is 24.4. The van der Waals surface area contributed by atoms with Crippen molar-refractivity contribution < 1.29 is 0 Å². The molecular formula is C31H17N. The molecule has 1 heteroatoms. The molecule has 0 saturated heterocycles. The quantitative estimate of drug-likeness (QED) is 0.233. The van der Waals surface area contributed by atoms with Crippen LogP contribution in [-0.2, 0) is 0 Å². The Morgan fingerprint density at radius 3 is 1.53 bits per heavy atom. The molecule has 0 spiro atoms. The summed E-state index contributed by atoms with van der Waals surface area (Å²) in [6.07, 6.45) is 0. The van der Waals surface area contributed by atoms with E-state index in [4.69, 9.17) is 0 Å². The summed E-state index contributed by atoms with van der Waals surface area (Å²) in [6.45, 7) is 0. The second-order valence-corrected chi connectivity index (χ2v) is 8.46. The molecule has 0 heterocycles. The minimum atomic E-state index is 0.724. The van der Waals surface area contributed by atoms with Crippen LogP contribution in [0.1, 0.15) is 5.56 Å². The number of rotatable bonds is 0. The van der Waals surface area contributed by atoms with E-state index in [1.165, 1.54) is 53.9 Å². The average Bonchev–Trinajstić information content (AvgIpc) is 2.86. The van der Waals surface area contributed by atoms with E-state index in [0.717, 1.165) is 16.3 Å². The fourth-order valence-electron chi connectivity index (χ4n) is 5.41. The Bertz CT molecular complexity index is 1940. The van der Waals surface area contributed by atoms with Crippen LogP contribution in [0.15, 0.2) is 103 Å². The third-order valence-electron chi connectivity index (χ3n) is 6.81. The largest absolute Gasteiger partial charge is 0.192 e. The molecule has 0 aliphatic carbocycles. The number of hydrogen-bond acceptors (Lipinski definition) is 1. The summed E-state index contributed by atoms with van der Waals surface area (Å²) in [5.41, 5.74) is 0.724. The van der Waals surface area contributed by atoms with Crippen molar-refractivity contribution in [3.05, 3.63) is 109 Å². The van der Waals surface area contributed by atoms with Crippen LogP contribution < -0.4 is 0 Å². The predicted molar refractivity (Wildman–Crippen MR) is 136 cm³/mol. The van der Waals surface area contributed by atoms with Crippen molar-refractivity contribution in [2.45, 2.75) is 0 Å². The van der Waals surface area contributed by atoms with E-state index in [1.807, 2.05) is 0 Å². The van der Waals surface area contributed by atoms with E-state index in [2.05, 4.69) is 109 Å². The Labute approximate surface area is 184 Å². The van der Waals surface area contributed by atoms with Crippen LogP contribution in [0.3, 0.4) is 0 Å². The van der Waals surface area contributed by atoms with Gasteiger partial charge < -0.3 is 0 Å². The Hall–Kier alpha value is -4.41. The zero-order valence-corrected chi connectivity index (χ0v) is 17.3. The van der Waals surface area contributed by atoms with Crippen molar-refractivity contribution in [2.75, 3.05) is 0 Å². The third kappa shape index (κ3) is 2.21. The molecule has 0 fully saturated rings. The molecule has 0 unspecified atom stereocenters. The third-order valence-corrected chi connectivity index (χ3v) is 6.81. The van der Waals surface area contributed by atoms with E-state index < -0.39 is 0 Å². The van der Waals surface area contributed by atoms with Crippen molar-refractivity contribution in [2.24, 2.45) is 0 Å². The van der Waals surface area contributed by atoms with Crippen LogP contribution in [0.2, 0.25) is 0 Å². The molecule has 146 valence electrons. The number of hydrogen-bond donors (Lipinski definition) is 0. The molecule has 7 aromatic carbocycles. The highest BCUT2D eigenvalue weighted by Gasteiger charge is 2.15. The maximum Gasteiger partial charge on any atom is 0.0998 e. The van der Waals surface area contributed by atoms with Gasteiger partial charge in [0.05, 0.1) is 11.6 Å². The van der Waals surface area contributed by atoms with Crippen molar-refractivity contribution in [1.29, 1.82) is 5.26 Å². The fraction of sp³-hybridized carbons (Fsp3) is 0. The Balaban J connectivity index is 1.92. The van der Waals surface area contributed by atoms with Gasteiger partial charge in [0, 0.05) is 5.39 Å². The van der Waals surface area contributed by atoms with E-state index in [0.29, 0.717) is 0 Å². The monoisotopic (exact) mass is 403 g/mol. The molecule has 0 amide bonds. The zero-order valence-electron chi connectivity index (χ0n) is 17.3. The molecule has 0 bridgehead atoms. The van der Waals surface area contributed by atoms with Gasteiger partial charge in [-0.15, -0.1) is 0 Å². The van der Waals surface area contributed by atoms with Crippen LogP contribution in [0, 0.1) is 11.3 Å². The first-order valence-electron chi connectivity index (χ1n) is 10.8. The maximum atomic E-state index is 10.0. The topological polar surface area (TPSA) is 23.8 Å². The highest BCUT2D eigenvalue weighted by atomic mass is 14.3. The van der Waals surface area contributed by atoms with Gasteiger partial charge in [0.2, 0.25) is 0 Å². The second-order valence-electron chi connectivity index (χ2n) is 8.46. The van der Waals surface area contributed by atoms with Crippen LogP contribution >= 0.6 is 0 Å². The zero-order chi connectivity index (χ0) is 21.2. The highest BCUT2D eigenvalue weighted by Crippen LogP contribution is 2.42. The lowest BCUT2D eigenvalue weighted by molar-refractivity contribution is 1.51. The molecule has 0 atom stereocenters. The summed E-state index contributed by atoms with van der Waals surface area (Å²) >= 11 is 0. The van der Waals surface area contributed by atoms with Gasteiger partial charge in [-0.3, -0.25) is 0 Å². The van der Waals surface area contributed by atoms with Gasteiger partial charge in [-0.1, -0.05) is 97.1 Å². The molecular weight excluding hydrogens is 386 g/mol. The number of fused-ring (bicyclic) bond motifs is 11. The van der Waals surface area contributed by atoms with Crippen molar-refractivity contribution >= 4 is 64.6 Å². The SMILES string of the molecule is N#Cc1cc2ccc3ccc4ccccc4c3c2c2c1ccc1ccc3ccccc3c12. The lowest BCUT2D eigenvalue weighted by Crippen LogP contribution is -1.89. The molecule has 7 rings (SSSR count). The van der Waals surface area contributed by atoms with Gasteiger partial charge in [0.1, 0.15) is 0 Å². The van der Waals surface area contributed by atoms with Gasteiger partial charge >= 0.3 is 0 Å². The number of nitriles is 1. The molecule has 0 saturated carbocycles. The first kappa shape index (κ1) is 17.3. The summed E-state index contributed by atoms with van der Waals surface area (Å²) < 4.78 is 0. The smallest absolute Gasteiger partial charge is 0.0998 e. The number of benzene rings is 7. The molecule has 0 radical (unpaired) electrons. The molecule has 7 aromatic rings. The molecule has 0 aromatic heterocycles. The fourth-order valence-corrected chi connectivity index (χ4v) is 5.41. The summed E-state index contributed by atoms with van der Waals surface area (Å²) in [6, 6.07) is 39.1.